The second-order valence-electron chi connectivity index (χ2n) is 6.32. The summed E-state index contributed by atoms with van der Waals surface area (Å²) in [4.78, 5) is 24.8. The standard InChI is InChI=1S/C20H23N5O2/c1-4-18(26)17-6-12(3)15(11-23-17)16-7-13-10-24-19(8-14(13)9-22-16)25-20(27)21-5-2/h6-11,18,26H,4-5H2,1-3H3,(H2,21,24,25,27)/t18-/m0/s1. The minimum Gasteiger partial charge on any atom is -0.387 e. The molecular formula is C20H23N5O2. The summed E-state index contributed by atoms with van der Waals surface area (Å²) in [5.74, 6) is 0.471. The predicted octanol–water partition coefficient (Wildman–Crippen LogP) is 3.59. The first-order chi connectivity index (χ1) is 13.0. The van der Waals surface area contributed by atoms with Crippen LogP contribution in [0, 0.1) is 6.92 Å². The van der Waals surface area contributed by atoms with Crippen molar-refractivity contribution in [3.8, 4) is 11.3 Å². The molecule has 0 fully saturated rings. The molecule has 0 aliphatic rings. The van der Waals surface area contributed by atoms with Crippen LogP contribution in [0.1, 0.15) is 37.6 Å². The van der Waals surface area contributed by atoms with E-state index >= 15 is 0 Å². The first-order valence-electron chi connectivity index (χ1n) is 8.97. The molecule has 1 atom stereocenters. The molecule has 3 aromatic rings. The summed E-state index contributed by atoms with van der Waals surface area (Å²) in [6.45, 7) is 6.30. The number of fused-ring (bicyclic) bond motifs is 1. The smallest absolute Gasteiger partial charge is 0.320 e. The number of pyridine rings is 3. The van der Waals surface area contributed by atoms with E-state index in [4.69, 9.17) is 0 Å². The lowest BCUT2D eigenvalue weighted by Gasteiger charge is -2.11. The topological polar surface area (TPSA) is 100 Å². The van der Waals surface area contributed by atoms with Crippen LogP contribution in [-0.2, 0) is 0 Å². The summed E-state index contributed by atoms with van der Waals surface area (Å²) in [5, 5.41) is 17.1. The van der Waals surface area contributed by atoms with Gasteiger partial charge in [0, 0.05) is 41.5 Å². The average Bonchev–Trinajstić information content (AvgIpc) is 2.67. The van der Waals surface area contributed by atoms with Crippen LogP contribution in [0.5, 0.6) is 0 Å². The quantitative estimate of drug-likeness (QED) is 0.642. The number of hydrogen-bond donors (Lipinski definition) is 3. The molecule has 27 heavy (non-hydrogen) atoms. The number of rotatable bonds is 5. The maximum absolute atomic E-state index is 11.6. The molecule has 0 saturated heterocycles. The van der Waals surface area contributed by atoms with Crippen molar-refractivity contribution < 1.29 is 9.90 Å². The zero-order valence-corrected chi connectivity index (χ0v) is 15.7. The highest BCUT2D eigenvalue weighted by molar-refractivity contribution is 5.92. The average molecular weight is 365 g/mol. The van der Waals surface area contributed by atoms with Crippen molar-refractivity contribution in [1.82, 2.24) is 20.3 Å². The summed E-state index contributed by atoms with van der Waals surface area (Å²) in [6, 6.07) is 5.34. The lowest BCUT2D eigenvalue weighted by molar-refractivity contribution is 0.169. The maximum Gasteiger partial charge on any atom is 0.320 e. The molecule has 0 aromatic carbocycles. The highest BCUT2D eigenvalue weighted by Gasteiger charge is 2.11. The molecule has 7 nitrogen and oxygen atoms in total. The molecule has 0 unspecified atom stereocenters. The van der Waals surface area contributed by atoms with Gasteiger partial charge in [0.1, 0.15) is 5.82 Å². The fraction of sp³-hybridized carbons (Fsp3) is 0.300. The zero-order valence-electron chi connectivity index (χ0n) is 15.7. The second kappa shape index (κ2) is 8.09. The molecule has 3 N–H and O–H groups in total. The van der Waals surface area contributed by atoms with E-state index in [1.165, 1.54) is 0 Å². The SMILES string of the molecule is CCNC(=O)Nc1cc2cnc(-c3cnc([C@@H](O)CC)cc3C)cc2cn1. The minimum absolute atomic E-state index is 0.287. The molecular weight excluding hydrogens is 342 g/mol. The molecule has 0 bridgehead atoms. The van der Waals surface area contributed by atoms with Gasteiger partial charge in [-0.1, -0.05) is 6.92 Å². The number of aliphatic hydroxyl groups excluding tert-OH is 1. The molecule has 0 saturated carbocycles. The van der Waals surface area contributed by atoms with Gasteiger partial charge in [0.15, 0.2) is 0 Å². The largest absolute Gasteiger partial charge is 0.387 e. The van der Waals surface area contributed by atoms with Crippen molar-refractivity contribution in [1.29, 1.82) is 0 Å². The van der Waals surface area contributed by atoms with E-state index in [0.29, 0.717) is 24.5 Å². The Bertz CT molecular complexity index is 974. The Labute approximate surface area is 157 Å². The number of nitrogens with one attached hydrogen (secondary N) is 2. The van der Waals surface area contributed by atoms with Crippen LogP contribution in [-0.4, -0.2) is 32.6 Å². The number of aliphatic hydroxyl groups is 1. The van der Waals surface area contributed by atoms with Gasteiger partial charge in [-0.25, -0.2) is 9.78 Å². The Morgan fingerprint density at radius 3 is 2.52 bits per heavy atom. The number of aryl methyl sites for hydroxylation is 1. The van der Waals surface area contributed by atoms with Crippen molar-refractivity contribution in [3.05, 3.63) is 48.0 Å². The van der Waals surface area contributed by atoms with E-state index in [9.17, 15) is 9.90 Å². The van der Waals surface area contributed by atoms with E-state index in [-0.39, 0.29) is 6.03 Å². The third-order valence-corrected chi connectivity index (χ3v) is 4.32. The molecule has 2 amide bonds. The summed E-state index contributed by atoms with van der Waals surface area (Å²) in [7, 11) is 0. The summed E-state index contributed by atoms with van der Waals surface area (Å²) in [5.41, 5.74) is 3.37. The fourth-order valence-corrected chi connectivity index (χ4v) is 2.81. The number of amides is 2. The van der Waals surface area contributed by atoms with Crippen LogP contribution in [0.4, 0.5) is 10.6 Å². The Morgan fingerprint density at radius 2 is 1.81 bits per heavy atom. The van der Waals surface area contributed by atoms with Gasteiger partial charge in [0.2, 0.25) is 0 Å². The molecule has 3 rings (SSSR count). The van der Waals surface area contributed by atoms with Gasteiger partial charge in [-0.3, -0.25) is 15.3 Å². The predicted molar refractivity (Wildman–Crippen MR) is 105 cm³/mol. The Balaban J connectivity index is 1.90. The molecule has 3 heterocycles. The molecule has 0 spiro atoms. The van der Waals surface area contributed by atoms with Crippen molar-refractivity contribution in [3.63, 3.8) is 0 Å². The molecule has 140 valence electrons. The number of nitrogens with zero attached hydrogens (tertiary/aromatic N) is 3. The Morgan fingerprint density at radius 1 is 1.07 bits per heavy atom. The molecule has 0 aliphatic heterocycles. The normalized spacial score (nSPS) is 12.0. The summed E-state index contributed by atoms with van der Waals surface area (Å²) in [6.07, 6.45) is 5.28. The number of aromatic nitrogens is 3. The van der Waals surface area contributed by atoms with Gasteiger partial charge >= 0.3 is 6.03 Å². The zero-order chi connectivity index (χ0) is 19.4. The number of hydrogen-bond acceptors (Lipinski definition) is 5. The Kier molecular flexibility index (Phi) is 5.61. The van der Waals surface area contributed by atoms with Crippen molar-refractivity contribution in [2.45, 2.75) is 33.3 Å². The monoisotopic (exact) mass is 365 g/mol. The first kappa shape index (κ1) is 18.7. The van der Waals surface area contributed by atoms with E-state index in [2.05, 4.69) is 25.6 Å². The van der Waals surface area contributed by atoms with Crippen LogP contribution in [0.25, 0.3) is 22.0 Å². The van der Waals surface area contributed by atoms with Crippen LogP contribution in [0.2, 0.25) is 0 Å². The van der Waals surface area contributed by atoms with Crippen molar-refractivity contribution in [2.75, 3.05) is 11.9 Å². The first-order valence-corrected chi connectivity index (χ1v) is 8.97. The number of carbonyl (C=O) groups excluding carboxylic acids is 1. The van der Waals surface area contributed by atoms with Gasteiger partial charge in [0.25, 0.3) is 0 Å². The van der Waals surface area contributed by atoms with Gasteiger partial charge in [-0.2, -0.15) is 0 Å². The van der Waals surface area contributed by atoms with E-state index in [0.717, 1.165) is 27.6 Å². The Hall–Kier alpha value is -3.06. The van der Waals surface area contributed by atoms with Crippen LogP contribution in [0.3, 0.4) is 0 Å². The number of carbonyl (C=O) groups is 1. The van der Waals surface area contributed by atoms with Gasteiger partial charge in [-0.15, -0.1) is 0 Å². The molecule has 3 aromatic heterocycles. The van der Waals surface area contributed by atoms with Gasteiger partial charge < -0.3 is 10.4 Å². The van der Waals surface area contributed by atoms with Gasteiger partial charge in [0.05, 0.1) is 17.5 Å². The van der Waals surface area contributed by atoms with E-state index < -0.39 is 6.10 Å². The number of anilines is 1. The van der Waals surface area contributed by atoms with Crippen molar-refractivity contribution >= 4 is 22.6 Å². The van der Waals surface area contributed by atoms with E-state index in [1.807, 2.05) is 32.9 Å². The highest BCUT2D eigenvalue weighted by Crippen LogP contribution is 2.27. The van der Waals surface area contributed by atoms with Gasteiger partial charge in [-0.05, 0) is 44.0 Å². The third kappa shape index (κ3) is 4.20. The van der Waals surface area contributed by atoms with Crippen LogP contribution >= 0.6 is 0 Å². The third-order valence-electron chi connectivity index (χ3n) is 4.32. The second-order valence-corrected chi connectivity index (χ2v) is 6.32. The summed E-state index contributed by atoms with van der Waals surface area (Å²) < 4.78 is 0. The minimum atomic E-state index is -0.553. The summed E-state index contributed by atoms with van der Waals surface area (Å²) >= 11 is 0. The lowest BCUT2D eigenvalue weighted by Crippen LogP contribution is -2.28. The molecule has 7 heteroatoms. The number of urea groups is 1. The van der Waals surface area contributed by atoms with E-state index in [1.54, 1.807) is 24.7 Å². The highest BCUT2D eigenvalue weighted by atomic mass is 16.3. The molecule has 0 aliphatic carbocycles. The lowest BCUT2D eigenvalue weighted by atomic mass is 10.0. The van der Waals surface area contributed by atoms with Crippen molar-refractivity contribution in [2.24, 2.45) is 0 Å². The molecule has 0 radical (unpaired) electrons. The fourth-order valence-electron chi connectivity index (χ4n) is 2.81. The van der Waals surface area contributed by atoms with Crippen LogP contribution in [0.15, 0.2) is 36.8 Å². The maximum atomic E-state index is 11.6. The van der Waals surface area contributed by atoms with Crippen LogP contribution < -0.4 is 10.6 Å².